The Balaban J connectivity index is 1.43. The lowest BCUT2D eigenvalue weighted by Gasteiger charge is -2.25. The largest absolute Gasteiger partial charge is 0.493 e. The molecule has 0 bridgehead atoms. The van der Waals surface area contributed by atoms with Crippen LogP contribution in [0.3, 0.4) is 0 Å². The Morgan fingerprint density at radius 1 is 1.30 bits per heavy atom. The molecule has 1 heterocycles. The third-order valence-electron chi connectivity index (χ3n) is 5.00. The van der Waals surface area contributed by atoms with Gasteiger partial charge in [0.25, 0.3) is 0 Å². The van der Waals surface area contributed by atoms with Gasteiger partial charge in [0.2, 0.25) is 5.91 Å². The zero-order valence-corrected chi connectivity index (χ0v) is 17.9. The van der Waals surface area contributed by atoms with E-state index in [4.69, 9.17) is 9.47 Å². The highest BCUT2D eigenvalue weighted by Crippen LogP contribution is 2.30. The maximum Gasteiger partial charge on any atom is 0.325 e. The molecule has 1 aliphatic carbocycles. The number of amides is 3. The third kappa shape index (κ3) is 7.14. The van der Waals surface area contributed by atoms with Gasteiger partial charge in [-0.1, -0.05) is 19.1 Å². The van der Waals surface area contributed by atoms with E-state index >= 15 is 0 Å². The van der Waals surface area contributed by atoms with Gasteiger partial charge in [-0.25, -0.2) is 13.2 Å². The van der Waals surface area contributed by atoms with Crippen molar-refractivity contribution in [2.75, 3.05) is 32.2 Å². The van der Waals surface area contributed by atoms with Crippen molar-refractivity contribution in [1.82, 2.24) is 10.2 Å². The molecule has 1 aromatic carbocycles. The molecule has 3 rings (SSSR count). The van der Waals surface area contributed by atoms with Crippen molar-refractivity contribution >= 4 is 21.8 Å². The second kappa shape index (κ2) is 10.1. The number of sulfone groups is 1. The second-order valence-corrected chi connectivity index (χ2v) is 9.73. The van der Waals surface area contributed by atoms with Gasteiger partial charge < -0.3 is 14.4 Å². The Kier molecular flexibility index (Phi) is 7.49. The molecule has 1 aliphatic heterocycles. The van der Waals surface area contributed by atoms with Crippen LogP contribution in [-0.4, -0.2) is 57.5 Å². The molecule has 1 saturated heterocycles. The van der Waals surface area contributed by atoms with Gasteiger partial charge in [-0.15, -0.1) is 0 Å². The van der Waals surface area contributed by atoms with Gasteiger partial charge in [0.05, 0.1) is 19.0 Å². The highest BCUT2D eigenvalue weighted by atomic mass is 32.2. The molecule has 3 amide bonds. The standard InChI is InChI=1S/C21H28N2O6S/c1-16(18-4-2-5-19(12-18)29-13-17-6-7-17)14-30(26,27)11-3-10-28-15-23-9-8-20(24)22-21(23)25/h2-5,11-12,16-17H,6-10,13-15H2,1H3,(H,22,24,25)/b11-3+/t16-/m0/s1. The molecule has 1 N–H and O–H groups in total. The quantitative estimate of drug-likeness (QED) is 0.535. The summed E-state index contributed by atoms with van der Waals surface area (Å²) in [6, 6.07) is 7.09. The molecule has 0 aromatic heterocycles. The maximum atomic E-state index is 12.4. The summed E-state index contributed by atoms with van der Waals surface area (Å²) in [5, 5.41) is 3.35. The first-order valence-corrected chi connectivity index (χ1v) is 11.8. The molecular weight excluding hydrogens is 408 g/mol. The van der Waals surface area contributed by atoms with Crippen LogP contribution in [0.1, 0.15) is 37.7 Å². The van der Waals surface area contributed by atoms with Crippen LogP contribution in [0.4, 0.5) is 4.79 Å². The van der Waals surface area contributed by atoms with Crippen LogP contribution >= 0.6 is 0 Å². The lowest BCUT2D eigenvalue weighted by Crippen LogP contribution is -2.50. The fourth-order valence-electron chi connectivity index (χ4n) is 3.05. The molecule has 1 atom stereocenters. The number of hydrogen-bond donors (Lipinski definition) is 1. The van der Waals surface area contributed by atoms with E-state index in [9.17, 15) is 18.0 Å². The number of nitrogens with zero attached hydrogens (tertiary/aromatic N) is 1. The van der Waals surface area contributed by atoms with Crippen molar-refractivity contribution in [1.29, 1.82) is 0 Å². The second-order valence-electron chi connectivity index (χ2n) is 7.80. The number of urea groups is 1. The van der Waals surface area contributed by atoms with E-state index in [1.165, 1.54) is 23.8 Å². The lowest BCUT2D eigenvalue weighted by atomic mass is 10.0. The van der Waals surface area contributed by atoms with Gasteiger partial charge in [0, 0.05) is 18.4 Å². The van der Waals surface area contributed by atoms with Crippen LogP contribution in [0.15, 0.2) is 35.7 Å². The highest BCUT2D eigenvalue weighted by Gasteiger charge is 2.23. The molecule has 1 aromatic rings. The number of benzene rings is 1. The summed E-state index contributed by atoms with van der Waals surface area (Å²) in [5.41, 5.74) is 0.919. The van der Waals surface area contributed by atoms with Crippen molar-refractivity contribution < 1.29 is 27.5 Å². The zero-order valence-electron chi connectivity index (χ0n) is 17.1. The minimum atomic E-state index is -3.42. The van der Waals surface area contributed by atoms with E-state index in [1.54, 1.807) is 0 Å². The smallest absolute Gasteiger partial charge is 0.325 e. The molecule has 1 saturated carbocycles. The van der Waals surface area contributed by atoms with E-state index in [0.29, 0.717) is 12.5 Å². The molecule has 0 spiro atoms. The van der Waals surface area contributed by atoms with E-state index in [0.717, 1.165) is 16.7 Å². The van der Waals surface area contributed by atoms with E-state index < -0.39 is 15.9 Å². The Labute approximate surface area is 177 Å². The number of hydrogen-bond acceptors (Lipinski definition) is 6. The zero-order chi connectivity index (χ0) is 21.6. The van der Waals surface area contributed by atoms with Crippen LogP contribution in [0.25, 0.3) is 0 Å². The maximum absolute atomic E-state index is 12.4. The molecule has 2 aliphatic rings. The first-order valence-electron chi connectivity index (χ1n) is 10.1. The Hall–Kier alpha value is -2.39. The van der Waals surface area contributed by atoms with Crippen LogP contribution in [-0.2, 0) is 19.4 Å². The minimum Gasteiger partial charge on any atom is -0.493 e. The molecule has 0 radical (unpaired) electrons. The number of carbonyl (C=O) groups is 2. The first kappa shape index (κ1) is 22.3. The van der Waals surface area contributed by atoms with Crippen molar-refractivity contribution in [2.45, 2.75) is 32.1 Å². The van der Waals surface area contributed by atoms with Crippen molar-refractivity contribution in [2.24, 2.45) is 5.92 Å². The monoisotopic (exact) mass is 436 g/mol. The molecular formula is C21H28N2O6S. The van der Waals surface area contributed by atoms with Crippen LogP contribution < -0.4 is 10.1 Å². The number of nitrogens with one attached hydrogen (secondary N) is 1. The third-order valence-corrected chi connectivity index (χ3v) is 6.57. The molecule has 164 valence electrons. The summed E-state index contributed by atoms with van der Waals surface area (Å²) < 4.78 is 35.9. The molecule has 9 heteroatoms. The molecule has 30 heavy (non-hydrogen) atoms. The van der Waals surface area contributed by atoms with Crippen LogP contribution in [0.5, 0.6) is 5.75 Å². The summed E-state index contributed by atoms with van der Waals surface area (Å²) in [6.45, 7) is 2.92. The molecule has 2 fully saturated rings. The average molecular weight is 437 g/mol. The predicted octanol–water partition coefficient (Wildman–Crippen LogP) is 2.42. The topological polar surface area (TPSA) is 102 Å². The number of ether oxygens (including phenoxy) is 2. The number of carbonyl (C=O) groups excluding carboxylic acids is 2. The van der Waals surface area contributed by atoms with Gasteiger partial charge in [-0.3, -0.25) is 10.1 Å². The van der Waals surface area contributed by atoms with E-state index in [-0.39, 0.29) is 43.9 Å². The van der Waals surface area contributed by atoms with Crippen molar-refractivity contribution in [3.63, 3.8) is 0 Å². The van der Waals surface area contributed by atoms with E-state index in [1.807, 2.05) is 31.2 Å². The Morgan fingerprint density at radius 3 is 2.83 bits per heavy atom. The number of rotatable bonds is 11. The summed E-state index contributed by atoms with van der Waals surface area (Å²) in [4.78, 5) is 24.0. The van der Waals surface area contributed by atoms with Crippen molar-refractivity contribution in [3.8, 4) is 5.75 Å². The van der Waals surface area contributed by atoms with Crippen LogP contribution in [0.2, 0.25) is 0 Å². The first-order chi connectivity index (χ1) is 14.3. The van der Waals surface area contributed by atoms with E-state index in [2.05, 4.69) is 5.32 Å². The number of imide groups is 1. The summed E-state index contributed by atoms with van der Waals surface area (Å²) in [6.07, 6.45) is 4.08. The Morgan fingerprint density at radius 2 is 2.10 bits per heavy atom. The van der Waals surface area contributed by atoms with Crippen LogP contribution in [0, 0.1) is 5.92 Å². The highest BCUT2D eigenvalue weighted by molar-refractivity contribution is 7.94. The van der Waals surface area contributed by atoms with Gasteiger partial charge >= 0.3 is 6.03 Å². The van der Waals surface area contributed by atoms with Crippen molar-refractivity contribution in [3.05, 3.63) is 41.3 Å². The lowest BCUT2D eigenvalue weighted by molar-refractivity contribution is -0.122. The summed E-state index contributed by atoms with van der Waals surface area (Å²) >= 11 is 0. The fraction of sp³-hybridized carbons (Fsp3) is 0.524. The normalized spacial score (nSPS) is 18.5. The predicted molar refractivity (Wildman–Crippen MR) is 112 cm³/mol. The van der Waals surface area contributed by atoms with Gasteiger partial charge in [0.15, 0.2) is 9.84 Å². The molecule has 0 unspecified atom stereocenters. The fourth-order valence-corrected chi connectivity index (χ4v) is 4.42. The summed E-state index contributed by atoms with van der Waals surface area (Å²) in [5.74, 6) is 0.921. The average Bonchev–Trinajstić information content (AvgIpc) is 3.52. The van der Waals surface area contributed by atoms with Gasteiger partial charge in [-0.2, -0.15) is 0 Å². The summed E-state index contributed by atoms with van der Waals surface area (Å²) in [7, 11) is -3.42. The SMILES string of the molecule is C[C@@H](CS(=O)(=O)/C=C/COCN1CCC(=O)NC1=O)c1cccc(OCC2CC2)c1. The Bertz CT molecular complexity index is 895. The van der Waals surface area contributed by atoms with Gasteiger partial charge in [0.1, 0.15) is 12.5 Å². The minimum absolute atomic E-state index is 0.00640. The molecule has 8 nitrogen and oxygen atoms in total. The van der Waals surface area contributed by atoms with Gasteiger partial charge in [-0.05, 0) is 48.4 Å².